The van der Waals surface area contributed by atoms with Crippen LogP contribution in [-0.2, 0) is 10.0 Å². The summed E-state index contributed by atoms with van der Waals surface area (Å²) in [6.45, 7) is 0. The lowest BCUT2D eigenvalue weighted by Crippen LogP contribution is -2.25. The maximum atomic E-state index is 12.4. The van der Waals surface area contributed by atoms with Gasteiger partial charge in [0, 0.05) is 28.5 Å². The van der Waals surface area contributed by atoms with Gasteiger partial charge in [-0.2, -0.15) is 0 Å². The van der Waals surface area contributed by atoms with Gasteiger partial charge in [0.2, 0.25) is 10.0 Å². The van der Waals surface area contributed by atoms with Crippen molar-refractivity contribution in [3.8, 4) is 0 Å². The smallest absolute Gasteiger partial charge is 0.269 e. The molecule has 4 N–H and O–H groups in total. The molecule has 118 valence electrons. The van der Waals surface area contributed by atoms with Crippen LogP contribution in [0.15, 0.2) is 35.4 Å². The third-order valence-electron chi connectivity index (χ3n) is 3.93. The number of rotatable bonds is 4. The van der Waals surface area contributed by atoms with Crippen molar-refractivity contribution in [2.75, 3.05) is 0 Å². The molecule has 1 aliphatic rings. The number of aromatic amines is 1. The molecule has 1 aliphatic carbocycles. The van der Waals surface area contributed by atoms with Crippen LogP contribution < -0.4 is 10.5 Å². The number of primary amides is 1. The Morgan fingerprint density at radius 2 is 2.04 bits per heavy atom. The van der Waals surface area contributed by atoms with Gasteiger partial charge in [0.05, 0.1) is 10.4 Å². The van der Waals surface area contributed by atoms with Crippen LogP contribution in [0.25, 0.3) is 21.8 Å². The highest BCUT2D eigenvalue weighted by Gasteiger charge is 2.28. The van der Waals surface area contributed by atoms with E-state index in [1.807, 2.05) is 0 Å². The summed E-state index contributed by atoms with van der Waals surface area (Å²) >= 11 is 0. The fraction of sp³-hybridized carbons (Fsp3) is 0.200. The molecular weight excluding hydrogens is 316 g/mol. The van der Waals surface area contributed by atoms with Gasteiger partial charge in [0.1, 0.15) is 0 Å². The van der Waals surface area contributed by atoms with Crippen molar-refractivity contribution in [2.24, 2.45) is 5.73 Å². The van der Waals surface area contributed by atoms with E-state index in [9.17, 15) is 13.2 Å². The van der Waals surface area contributed by atoms with Crippen LogP contribution in [0.5, 0.6) is 0 Å². The SMILES string of the molecule is NC(=O)c1nccc2c1[nH]c1ccc(S(=O)(=O)NC3CC3)cc12. The molecule has 2 aromatic heterocycles. The number of fused-ring (bicyclic) bond motifs is 3. The maximum absolute atomic E-state index is 12.4. The molecule has 4 rings (SSSR count). The summed E-state index contributed by atoms with van der Waals surface area (Å²) in [4.78, 5) is 18.7. The van der Waals surface area contributed by atoms with E-state index in [4.69, 9.17) is 5.73 Å². The minimum atomic E-state index is -3.53. The molecule has 0 unspecified atom stereocenters. The van der Waals surface area contributed by atoms with Crippen LogP contribution in [0, 0.1) is 0 Å². The second kappa shape index (κ2) is 4.77. The number of nitrogens with two attached hydrogens (primary N) is 1. The summed E-state index contributed by atoms with van der Waals surface area (Å²) < 4.78 is 27.4. The van der Waals surface area contributed by atoms with Crippen molar-refractivity contribution in [2.45, 2.75) is 23.8 Å². The summed E-state index contributed by atoms with van der Waals surface area (Å²) in [6.07, 6.45) is 3.24. The van der Waals surface area contributed by atoms with Gasteiger partial charge in [-0.05, 0) is 37.1 Å². The second-order valence-electron chi connectivity index (χ2n) is 5.67. The average molecular weight is 330 g/mol. The molecule has 1 fully saturated rings. The summed E-state index contributed by atoms with van der Waals surface area (Å²) in [5.41, 5.74) is 6.71. The Hall–Kier alpha value is -2.45. The van der Waals surface area contributed by atoms with Crippen LogP contribution in [0.2, 0.25) is 0 Å². The zero-order valence-electron chi connectivity index (χ0n) is 12.0. The molecule has 0 atom stereocenters. The molecule has 0 spiro atoms. The van der Waals surface area contributed by atoms with Gasteiger partial charge >= 0.3 is 0 Å². The molecule has 0 bridgehead atoms. The van der Waals surface area contributed by atoms with Crippen LogP contribution in [0.1, 0.15) is 23.3 Å². The number of aromatic nitrogens is 2. The van der Waals surface area contributed by atoms with Gasteiger partial charge < -0.3 is 10.7 Å². The van der Waals surface area contributed by atoms with Crippen molar-refractivity contribution in [3.05, 3.63) is 36.2 Å². The number of nitrogens with zero attached hydrogens (tertiary/aromatic N) is 1. The number of H-pyrrole nitrogens is 1. The zero-order valence-corrected chi connectivity index (χ0v) is 12.9. The summed E-state index contributed by atoms with van der Waals surface area (Å²) in [5, 5.41) is 1.43. The molecule has 1 amide bonds. The number of hydrogen-bond acceptors (Lipinski definition) is 4. The molecular formula is C15H14N4O3S. The topological polar surface area (TPSA) is 118 Å². The molecule has 3 aromatic rings. The van der Waals surface area contributed by atoms with Crippen molar-refractivity contribution in [1.82, 2.24) is 14.7 Å². The number of amides is 1. The first-order valence-corrected chi connectivity index (χ1v) is 8.66. The predicted octanol–water partition coefficient (Wildman–Crippen LogP) is 1.26. The van der Waals surface area contributed by atoms with Crippen LogP contribution in [0.4, 0.5) is 0 Å². The third kappa shape index (κ3) is 2.36. The fourth-order valence-corrected chi connectivity index (χ4v) is 3.98. The fourth-order valence-electron chi connectivity index (χ4n) is 2.65. The second-order valence-corrected chi connectivity index (χ2v) is 7.39. The molecule has 8 heteroatoms. The van der Waals surface area contributed by atoms with E-state index in [-0.39, 0.29) is 16.6 Å². The maximum Gasteiger partial charge on any atom is 0.269 e. The number of benzene rings is 1. The molecule has 1 aromatic carbocycles. The van der Waals surface area contributed by atoms with Gasteiger partial charge in [-0.1, -0.05) is 0 Å². The standard InChI is InChI=1S/C15H14N4O3S/c16-15(20)14-13-10(5-6-17-14)11-7-9(3-4-12(11)18-13)23(21,22)19-8-1-2-8/h3-8,18-19H,1-2H2,(H2,16,20). The van der Waals surface area contributed by atoms with Crippen molar-refractivity contribution < 1.29 is 13.2 Å². The predicted molar refractivity (Wildman–Crippen MR) is 85.5 cm³/mol. The summed E-state index contributed by atoms with van der Waals surface area (Å²) in [6, 6.07) is 6.60. The Morgan fingerprint density at radius 3 is 2.74 bits per heavy atom. The Balaban J connectivity index is 1.93. The Morgan fingerprint density at radius 1 is 1.26 bits per heavy atom. The number of carbonyl (C=O) groups excluding carboxylic acids is 1. The largest absolute Gasteiger partial charge is 0.364 e. The van der Waals surface area contributed by atoms with E-state index in [0.717, 1.165) is 18.4 Å². The Kier molecular flexibility index (Phi) is 2.94. The number of nitrogens with one attached hydrogen (secondary N) is 2. The van der Waals surface area contributed by atoms with Crippen molar-refractivity contribution in [1.29, 1.82) is 0 Å². The van der Waals surface area contributed by atoms with Crippen LogP contribution >= 0.6 is 0 Å². The highest BCUT2D eigenvalue weighted by atomic mass is 32.2. The minimum absolute atomic E-state index is 0.0457. The van der Waals surface area contributed by atoms with Gasteiger partial charge in [0.15, 0.2) is 5.69 Å². The average Bonchev–Trinajstić information content (AvgIpc) is 3.23. The molecule has 2 heterocycles. The first-order chi connectivity index (χ1) is 11.0. The molecule has 23 heavy (non-hydrogen) atoms. The summed E-state index contributed by atoms with van der Waals surface area (Å²) in [7, 11) is -3.53. The number of sulfonamides is 1. The quantitative estimate of drug-likeness (QED) is 0.667. The Labute approximate surface area is 131 Å². The Bertz CT molecular complexity index is 1050. The lowest BCUT2D eigenvalue weighted by atomic mass is 10.1. The minimum Gasteiger partial charge on any atom is -0.364 e. The van der Waals surface area contributed by atoms with Gasteiger partial charge in [0.25, 0.3) is 5.91 Å². The van der Waals surface area contributed by atoms with E-state index < -0.39 is 15.9 Å². The van der Waals surface area contributed by atoms with E-state index >= 15 is 0 Å². The van der Waals surface area contributed by atoms with Gasteiger partial charge in [-0.3, -0.25) is 4.79 Å². The molecule has 0 saturated heterocycles. The van der Waals surface area contributed by atoms with Crippen molar-refractivity contribution in [3.63, 3.8) is 0 Å². The van der Waals surface area contributed by atoms with Crippen LogP contribution in [-0.4, -0.2) is 30.3 Å². The lowest BCUT2D eigenvalue weighted by Gasteiger charge is -2.05. The highest BCUT2D eigenvalue weighted by Crippen LogP contribution is 2.29. The lowest BCUT2D eigenvalue weighted by molar-refractivity contribution is 0.0997. The van der Waals surface area contributed by atoms with Crippen LogP contribution in [0.3, 0.4) is 0 Å². The van der Waals surface area contributed by atoms with E-state index in [1.54, 1.807) is 24.3 Å². The first kappa shape index (κ1) is 14.2. The summed E-state index contributed by atoms with van der Waals surface area (Å²) in [5.74, 6) is -0.634. The highest BCUT2D eigenvalue weighted by molar-refractivity contribution is 7.89. The third-order valence-corrected chi connectivity index (χ3v) is 5.45. The van der Waals surface area contributed by atoms with E-state index in [1.165, 1.54) is 6.20 Å². The monoisotopic (exact) mass is 330 g/mol. The number of hydrogen-bond donors (Lipinski definition) is 3. The molecule has 7 nitrogen and oxygen atoms in total. The number of carbonyl (C=O) groups is 1. The molecule has 0 aliphatic heterocycles. The van der Waals surface area contributed by atoms with E-state index in [2.05, 4.69) is 14.7 Å². The van der Waals surface area contributed by atoms with Crippen molar-refractivity contribution >= 4 is 37.7 Å². The van der Waals surface area contributed by atoms with Gasteiger partial charge in [-0.15, -0.1) is 0 Å². The number of pyridine rings is 1. The van der Waals surface area contributed by atoms with Gasteiger partial charge in [-0.25, -0.2) is 18.1 Å². The first-order valence-electron chi connectivity index (χ1n) is 7.18. The normalized spacial score (nSPS) is 15.3. The molecule has 1 saturated carbocycles. The van der Waals surface area contributed by atoms with E-state index in [0.29, 0.717) is 16.3 Å². The zero-order chi connectivity index (χ0) is 16.2. The molecule has 0 radical (unpaired) electrons.